The van der Waals surface area contributed by atoms with Gasteiger partial charge in [-0.1, -0.05) is 12.1 Å². The van der Waals surface area contributed by atoms with Crippen molar-refractivity contribution < 1.29 is 4.39 Å². The summed E-state index contributed by atoms with van der Waals surface area (Å²) in [6.07, 6.45) is 7.36. The molecule has 3 rings (SSSR count). The molecule has 0 radical (unpaired) electrons. The monoisotopic (exact) mass is 303 g/mol. The van der Waals surface area contributed by atoms with Gasteiger partial charge in [0.15, 0.2) is 0 Å². The van der Waals surface area contributed by atoms with Gasteiger partial charge in [-0.15, -0.1) is 12.4 Å². The molecule has 0 atom stereocenters. The van der Waals surface area contributed by atoms with E-state index in [0.29, 0.717) is 0 Å². The maximum Gasteiger partial charge on any atom is 0.123 e. The van der Waals surface area contributed by atoms with Crippen LogP contribution in [0.4, 0.5) is 4.39 Å². The molecule has 108 valence electrons. The maximum atomic E-state index is 13.0. The number of aromatic nitrogens is 3. The number of hydrogen-bond acceptors (Lipinski definition) is 2. The van der Waals surface area contributed by atoms with E-state index < -0.39 is 0 Å². The lowest BCUT2D eigenvalue weighted by atomic mass is 10.1. The zero-order valence-electron chi connectivity index (χ0n) is 11.5. The van der Waals surface area contributed by atoms with Gasteiger partial charge in [-0.2, -0.15) is 0 Å². The van der Waals surface area contributed by atoms with Crippen molar-refractivity contribution in [1.29, 1.82) is 0 Å². The summed E-state index contributed by atoms with van der Waals surface area (Å²) in [6, 6.07) is 8.51. The first-order chi connectivity index (χ1) is 9.72. The molecule has 0 aliphatic rings. The molecule has 0 bridgehead atoms. The lowest BCUT2D eigenvalue weighted by Gasteiger charge is -2.07. The minimum absolute atomic E-state index is 0. The first-order valence-electron chi connectivity index (χ1n) is 6.40. The molecule has 0 aliphatic heterocycles. The van der Waals surface area contributed by atoms with Crippen molar-refractivity contribution >= 4 is 12.4 Å². The SMILES string of the molecule is Cc1nccn1Cc1cncc(-c2ccc(F)cc2)c1.Cl. The van der Waals surface area contributed by atoms with Crippen LogP contribution in [0.2, 0.25) is 0 Å². The van der Waals surface area contributed by atoms with Crippen LogP contribution in [0.5, 0.6) is 0 Å². The molecule has 3 nitrogen and oxygen atoms in total. The Hall–Kier alpha value is -2.20. The van der Waals surface area contributed by atoms with Crippen molar-refractivity contribution in [3.8, 4) is 11.1 Å². The summed E-state index contributed by atoms with van der Waals surface area (Å²) in [5.74, 6) is 0.740. The third-order valence-electron chi connectivity index (χ3n) is 3.25. The lowest BCUT2D eigenvalue weighted by Crippen LogP contribution is -2.01. The summed E-state index contributed by atoms with van der Waals surface area (Å²) < 4.78 is 15.0. The van der Waals surface area contributed by atoms with Gasteiger partial charge in [0.2, 0.25) is 0 Å². The van der Waals surface area contributed by atoms with Crippen molar-refractivity contribution in [2.45, 2.75) is 13.5 Å². The average molecular weight is 304 g/mol. The highest BCUT2D eigenvalue weighted by molar-refractivity contribution is 5.85. The largest absolute Gasteiger partial charge is 0.331 e. The highest BCUT2D eigenvalue weighted by atomic mass is 35.5. The fourth-order valence-corrected chi connectivity index (χ4v) is 2.14. The summed E-state index contributed by atoms with van der Waals surface area (Å²) in [7, 11) is 0. The predicted molar refractivity (Wildman–Crippen MR) is 82.9 cm³/mol. The third kappa shape index (κ3) is 3.47. The Labute approximate surface area is 128 Å². The van der Waals surface area contributed by atoms with Crippen LogP contribution < -0.4 is 0 Å². The number of imidazole rings is 1. The second-order valence-corrected chi connectivity index (χ2v) is 4.69. The number of benzene rings is 1. The van der Waals surface area contributed by atoms with Crippen LogP contribution in [0, 0.1) is 12.7 Å². The summed E-state index contributed by atoms with van der Waals surface area (Å²) in [6.45, 7) is 2.70. The quantitative estimate of drug-likeness (QED) is 0.735. The Morgan fingerprint density at radius 3 is 2.52 bits per heavy atom. The topological polar surface area (TPSA) is 30.7 Å². The molecule has 0 saturated heterocycles. The van der Waals surface area contributed by atoms with Gasteiger partial charge in [0.1, 0.15) is 11.6 Å². The minimum atomic E-state index is -0.230. The Morgan fingerprint density at radius 1 is 1.10 bits per heavy atom. The summed E-state index contributed by atoms with van der Waals surface area (Å²) >= 11 is 0. The summed E-state index contributed by atoms with van der Waals surface area (Å²) in [5, 5.41) is 0. The smallest absolute Gasteiger partial charge is 0.123 e. The predicted octanol–water partition coefficient (Wildman–Crippen LogP) is 3.86. The van der Waals surface area contributed by atoms with Crippen molar-refractivity contribution in [3.05, 3.63) is 72.3 Å². The zero-order valence-corrected chi connectivity index (χ0v) is 12.3. The van der Waals surface area contributed by atoms with Gasteiger partial charge >= 0.3 is 0 Å². The number of hydrogen-bond donors (Lipinski definition) is 0. The number of rotatable bonds is 3. The fraction of sp³-hybridized carbons (Fsp3) is 0.125. The number of pyridine rings is 1. The van der Waals surface area contributed by atoms with Crippen LogP contribution in [-0.4, -0.2) is 14.5 Å². The van der Waals surface area contributed by atoms with Gasteiger partial charge < -0.3 is 4.57 Å². The Bertz CT molecular complexity index is 722. The number of aryl methyl sites for hydroxylation is 1. The van der Waals surface area contributed by atoms with E-state index in [1.165, 1.54) is 12.1 Å². The summed E-state index contributed by atoms with van der Waals surface area (Å²) in [5.41, 5.74) is 3.04. The molecular formula is C16H15ClFN3. The first-order valence-corrected chi connectivity index (χ1v) is 6.40. The molecule has 0 amide bonds. The molecule has 0 spiro atoms. The average Bonchev–Trinajstić information content (AvgIpc) is 2.85. The molecule has 0 fully saturated rings. The van der Waals surface area contributed by atoms with Crippen LogP contribution in [0.1, 0.15) is 11.4 Å². The molecule has 0 saturated carbocycles. The Kier molecular flexibility index (Phi) is 4.70. The van der Waals surface area contributed by atoms with Gasteiger partial charge in [0.25, 0.3) is 0 Å². The van der Waals surface area contributed by atoms with E-state index >= 15 is 0 Å². The van der Waals surface area contributed by atoms with E-state index in [4.69, 9.17) is 0 Å². The van der Waals surface area contributed by atoms with Crippen LogP contribution >= 0.6 is 12.4 Å². The summed E-state index contributed by atoms with van der Waals surface area (Å²) in [4.78, 5) is 8.47. The van der Waals surface area contributed by atoms with Crippen LogP contribution in [0.15, 0.2) is 55.1 Å². The first kappa shape index (κ1) is 15.2. The lowest BCUT2D eigenvalue weighted by molar-refractivity contribution is 0.628. The van der Waals surface area contributed by atoms with E-state index in [-0.39, 0.29) is 18.2 Å². The van der Waals surface area contributed by atoms with Gasteiger partial charge in [-0.3, -0.25) is 4.98 Å². The second-order valence-electron chi connectivity index (χ2n) is 4.69. The van der Waals surface area contributed by atoms with E-state index in [9.17, 15) is 4.39 Å². The standard InChI is InChI=1S/C16H14FN3.ClH/c1-12-19-6-7-20(12)11-13-8-15(10-18-9-13)14-2-4-16(17)5-3-14;/h2-10H,11H2,1H3;1H. The van der Waals surface area contributed by atoms with E-state index in [1.54, 1.807) is 24.5 Å². The molecule has 3 aromatic rings. The highest BCUT2D eigenvalue weighted by Crippen LogP contribution is 2.20. The molecular weight excluding hydrogens is 289 g/mol. The van der Waals surface area contributed by atoms with Gasteiger partial charge in [0.05, 0.1) is 6.54 Å². The van der Waals surface area contributed by atoms with E-state index in [0.717, 1.165) is 29.1 Å². The molecule has 1 aromatic carbocycles. The van der Waals surface area contributed by atoms with Gasteiger partial charge in [0, 0.05) is 30.4 Å². The number of nitrogens with zero attached hydrogens (tertiary/aromatic N) is 3. The molecule has 5 heteroatoms. The van der Waals surface area contributed by atoms with Crippen molar-refractivity contribution in [2.24, 2.45) is 0 Å². The Balaban J connectivity index is 0.00000161. The van der Waals surface area contributed by atoms with Crippen molar-refractivity contribution in [3.63, 3.8) is 0 Å². The van der Waals surface area contributed by atoms with Gasteiger partial charge in [-0.25, -0.2) is 9.37 Å². The molecule has 0 N–H and O–H groups in total. The van der Waals surface area contributed by atoms with Crippen molar-refractivity contribution in [1.82, 2.24) is 14.5 Å². The van der Waals surface area contributed by atoms with Crippen LogP contribution in [-0.2, 0) is 6.54 Å². The fourth-order valence-electron chi connectivity index (χ4n) is 2.14. The zero-order chi connectivity index (χ0) is 13.9. The molecule has 2 heterocycles. The van der Waals surface area contributed by atoms with Gasteiger partial charge in [-0.05, 0) is 36.2 Å². The van der Waals surface area contributed by atoms with Crippen molar-refractivity contribution in [2.75, 3.05) is 0 Å². The Morgan fingerprint density at radius 2 is 1.86 bits per heavy atom. The highest BCUT2D eigenvalue weighted by Gasteiger charge is 2.03. The maximum absolute atomic E-state index is 13.0. The van der Waals surface area contributed by atoms with Crippen LogP contribution in [0.25, 0.3) is 11.1 Å². The van der Waals surface area contributed by atoms with Crippen LogP contribution in [0.3, 0.4) is 0 Å². The minimum Gasteiger partial charge on any atom is -0.331 e. The third-order valence-corrected chi connectivity index (χ3v) is 3.25. The van der Waals surface area contributed by atoms with E-state index in [2.05, 4.69) is 20.6 Å². The second kappa shape index (κ2) is 6.50. The molecule has 0 aliphatic carbocycles. The molecule has 21 heavy (non-hydrogen) atoms. The van der Waals surface area contributed by atoms with E-state index in [1.807, 2.05) is 19.3 Å². The number of halogens is 2. The molecule has 2 aromatic heterocycles. The normalized spacial score (nSPS) is 10.2. The molecule has 0 unspecified atom stereocenters.